The summed E-state index contributed by atoms with van der Waals surface area (Å²) in [5.74, 6) is 0.677. The predicted molar refractivity (Wildman–Crippen MR) is 73.7 cm³/mol. The number of pyridine rings is 1. The van der Waals surface area contributed by atoms with Crippen molar-refractivity contribution < 1.29 is 4.74 Å². The number of benzene rings is 1. The molecule has 2 aromatic rings. The molecule has 0 amide bonds. The number of aromatic nitrogens is 1. The van der Waals surface area contributed by atoms with E-state index in [0.717, 1.165) is 12.1 Å². The zero-order chi connectivity index (χ0) is 12.8. The van der Waals surface area contributed by atoms with Crippen LogP contribution in [0.3, 0.4) is 0 Å². The molecule has 0 N–H and O–H groups in total. The third-order valence-electron chi connectivity index (χ3n) is 2.63. The van der Waals surface area contributed by atoms with Gasteiger partial charge in [0.1, 0.15) is 6.61 Å². The predicted octanol–water partition coefficient (Wildman–Crippen LogP) is 2.69. The van der Waals surface area contributed by atoms with Gasteiger partial charge in [0.05, 0.1) is 0 Å². The summed E-state index contributed by atoms with van der Waals surface area (Å²) in [6.45, 7) is 1.55. The fourth-order valence-electron chi connectivity index (χ4n) is 1.60. The van der Waals surface area contributed by atoms with E-state index in [9.17, 15) is 0 Å². The van der Waals surface area contributed by atoms with Crippen molar-refractivity contribution in [2.24, 2.45) is 0 Å². The van der Waals surface area contributed by atoms with Crippen molar-refractivity contribution >= 4 is 0 Å². The van der Waals surface area contributed by atoms with Crippen LogP contribution in [0.5, 0.6) is 5.88 Å². The Morgan fingerprint density at radius 2 is 1.78 bits per heavy atom. The number of hydrogen-bond acceptors (Lipinski definition) is 3. The van der Waals surface area contributed by atoms with E-state index >= 15 is 0 Å². The smallest absolute Gasteiger partial charge is 0.213 e. The van der Waals surface area contributed by atoms with Gasteiger partial charge in [0.15, 0.2) is 0 Å². The molecule has 94 valence electrons. The molecule has 0 unspecified atom stereocenters. The number of ether oxygens (including phenoxy) is 1. The number of likely N-dealkylation sites (N-methyl/N-ethyl adjacent to an activating group) is 1. The van der Waals surface area contributed by atoms with Crippen LogP contribution in [0.2, 0.25) is 0 Å². The second kappa shape index (κ2) is 6.17. The fraction of sp³-hybridized carbons (Fsp3) is 0.267. The molecule has 18 heavy (non-hydrogen) atoms. The molecule has 0 fully saturated rings. The highest BCUT2D eigenvalue weighted by molar-refractivity contribution is 5.62. The summed E-state index contributed by atoms with van der Waals surface area (Å²) in [5.41, 5.74) is 2.28. The van der Waals surface area contributed by atoms with Crippen molar-refractivity contribution in [3.63, 3.8) is 0 Å². The van der Waals surface area contributed by atoms with Gasteiger partial charge in [0, 0.05) is 24.4 Å². The summed E-state index contributed by atoms with van der Waals surface area (Å²) in [6, 6.07) is 14.2. The molecule has 0 spiro atoms. The summed E-state index contributed by atoms with van der Waals surface area (Å²) >= 11 is 0. The maximum Gasteiger partial charge on any atom is 0.213 e. The minimum Gasteiger partial charge on any atom is -0.476 e. The van der Waals surface area contributed by atoms with Gasteiger partial charge in [0.2, 0.25) is 5.88 Å². The quantitative estimate of drug-likeness (QED) is 0.806. The molecule has 0 atom stereocenters. The van der Waals surface area contributed by atoms with Crippen molar-refractivity contribution in [2.45, 2.75) is 0 Å². The van der Waals surface area contributed by atoms with Gasteiger partial charge in [0.25, 0.3) is 0 Å². The summed E-state index contributed by atoms with van der Waals surface area (Å²) < 4.78 is 5.55. The van der Waals surface area contributed by atoms with Gasteiger partial charge in [-0.15, -0.1) is 0 Å². The van der Waals surface area contributed by atoms with E-state index in [2.05, 4.69) is 22.0 Å². The second-order valence-electron chi connectivity index (χ2n) is 4.40. The first-order chi connectivity index (χ1) is 8.75. The molecule has 0 aliphatic carbocycles. The molecule has 0 saturated heterocycles. The monoisotopic (exact) mass is 242 g/mol. The van der Waals surface area contributed by atoms with E-state index in [1.165, 1.54) is 5.56 Å². The Balaban J connectivity index is 1.98. The van der Waals surface area contributed by atoms with E-state index < -0.39 is 0 Å². The SMILES string of the molecule is CN(C)CCOc1ccc(-c2ccccc2)cn1. The summed E-state index contributed by atoms with van der Waals surface area (Å²) in [6.07, 6.45) is 1.85. The highest BCUT2D eigenvalue weighted by Crippen LogP contribution is 2.19. The molecule has 3 nitrogen and oxygen atoms in total. The first-order valence-electron chi connectivity index (χ1n) is 6.05. The topological polar surface area (TPSA) is 25.4 Å². The highest BCUT2D eigenvalue weighted by atomic mass is 16.5. The lowest BCUT2D eigenvalue weighted by molar-refractivity contribution is 0.254. The Bertz CT molecular complexity index is 466. The van der Waals surface area contributed by atoms with Gasteiger partial charge in [-0.25, -0.2) is 4.98 Å². The van der Waals surface area contributed by atoms with E-state index in [1.54, 1.807) is 0 Å². The van der Waals surface area contributed by atoms with Crippen molar-refractivity contribution in [3.8, 4) is 17.0 Å². The molecular formula is C15H18N2O. The molecule has 0 radical (unpaired) electrons. The molecule has 1 heterocycles. The normalized spacial score (nSPS) is 10.6. The van der Waals surface area contributed by atoms with E-state index in [0.29, 0.717) is 12.5 Å². The van der Waals surface area contributed by atoms with Crippen molar-refractivity contribution in [3.05, 3.63) is 48.7 Å². The van der Waals surface area contributed by atoms with E-state index in [1.807, 2.05) is 50.6 Å². The fourth-order valence-corrected chi connectivity index (χ4v) is 1.60. The van der Waals surface area contributed by atoms with Crippen LogP contribution in [0.4, 0.5) is 0 Å². The Morgan fingerprint density at radius 3 is 2.39 bits per heavy atom. The lowest BCUT2D eigenvalue weighted by atomic mass is 10.1. The molecule has 0 aliphatic rings. The molecule has 1 aromatic heterocycles. The van der Waals surface area contributed by atoms with Gasteiger partial charge in [-0.3, -0.25) is 0 Å². The third kappa shape index (κ3) is 3.57. The molecule has 0 saturated carbocycles. The van der Waals surface area contributed by atoms with Crippen molar-refractivity contribution in [1.29, 1.82) is 0 Å². The summed E-state index contributed by atoms with van der Waals surface area (Å²) in [4.78, 5) is 6.39. The molecule has 3 heteroatoms. The first kappa shape index (κ1) is 12.6. The second-order valence-corrected chi connectivity index (χ2v) is 4.40. The number of hydrogen-bond donors (Lipinski definition) is 0. The minimum absolute atomic E-state index is 0.657. The summed E-state index contributed by atoms with van der Waals surface area (Å²) in [7, 11) is 4.05. The average molecular weight is 242 g/mol. The number of rotatable bonds is 5. The van der Waals surface area contributed by atoms with Gasteiger partial charge < -0.3 is 9.64 Å². The zero-order valence-electron chi connectivity index (χ0n) is 10.8. The Hall–Kier alpha value is -1.87. The first-order valence-corrected chi connectivity index (χ1v) is 6.05. The van der Waals surface area contributed by atoms with E-state index in [4.69, 9.17) is 4.74 Å². The van der Waals surface area contributed by atoms with Crippen LogP contribution in [0.1, 0.15) is 0 Å². The van der Waals surface area contributed by atoms with Crippen LogP contribution in [-0.4, -0.2) is 37.1 Å². The highest BCUT2D eigenvalue weighted by Gasteiger charge is 1.99. The molecule has 0 bridgehead atoms. The van der Waals surface area contributed by atoms with Gasteiger partial charge in [-0.05, 0) is 25.7 Å². The Kier molecular flexibility index (Phi) is 4.31. The number of nitrogens with zero attached hydrogens (tertiary/aromatic N) is 2. The largest absolute Gasteiger partial charge is 0.476 e. The van der Waals surface area contributed by atoms with Crippen LogP contribution in [-0.2, 0) is 0 Å². The third-order valence-corrected chi connectivity index (χ3v) is 2.63. The van der Waals surface area contributed by atoms with Gasteiger partial charge >= 0.3 is 0 Å². The molecule has 1 aromatic carbocycles. The van der Waals surface area contributed by atoms with E-state index in [-0.39, 0.29) is 0 Å². The van der Waals surface area contributed by atoms with Crippen molar-refractivity contribution in [2.75, 3.05) is 27.2 Å². The summed E-state index contributed by atoms with van der Waals surface area (Å²) in [5, 5.41) is 0. The average Bonchev–Trinajstić information content (AvgIpc) is 2.40. The Morgan fingerprint density at radius 1 is 1.00 bits per heavy atom. The molecule has 0 aliphatic heterocycles. The van der Waals surface area contributed by atoms with Crippen LogP contribution in [0.15, 0.2) is 48.7 Å². The zero-order valence-corrected chi connectivity index (χ0v) is 10.8. The lowest BCUT2D eigenvalue weighted by Gasteiger charge is -2.10. The maximum absolute atomic E-state index is 5.55. The molecular weight excluding hydrogens is 224 g/mol. The standard InChI is InChI=1S/C15H18N2O/c1-17(2)10-11-18-15-9-8-14(12-16-15)13-6-4-3-5-7-13/h3-9,12H,10-11H2,1-2H3. The lowest BCUT2D eigenvalue weighted by Crippen LogP contribution is -2.19. The maximum atomic E-state index is 5.55. The van der Waals surface area contributed by atoms with Crippen LogP contribution < -0.4 is 4.74 Å². The Labute approximate surface area is 108 Å². The minimum atomic E-state index is 0.657. The van der Waals surface area contributed by atoms with Gasteiger partial charge in [-0.2, -0.15) is 0 Å². The van der Waals surface area contributed by atoms with Crippen LogP contribution >= 0.6 is 0 Å². The van der Waals surface area contributed by atoms with Crippen LogP contribution in [0, 0.1) is 0 Å². The van der Waals surface area contributed by atoms with Crippen molar-refractivity contribution in [1.82, 2.24) is 9.88 Å². The molecule has 2 rings (SSSR count). The van der Waals surface area contributed by atoms with Gasteiger partial charge in [-0.1, -0.05) is 30.3 Å². The van der Waals surface area contributed by atoms with Crippen LogP contribution in [0.25, 0.3) is 11.1 Å².